The topological polar surface area (TPSA) is 204 Å². The van der Waals surface area contributed by atoms with Gasteiger partial charge in [-0.15, -0.1) is 0 Å². The number of carbonyl (C=O) groups is 1. The van der Waals surface area contributed by atoms with Gasteiger partial charge in [-0.1, -0.05) is 0 Å². The van der Waals surface area contributed by atoms with Crippen molar-refractivity contribution in [2.45, 2.75) is 0 Å². The van der Waals surface area contributed by atoms with E-state index < -0.39 is 25.9 Å². The van der Waals surface area contributed by atoms with Gasteiger partial charge in [0.2, 0.25) is 5.52 Å². The summed E-state index contributed by atoms with van der Waals surface area (Å²) >= 11 is 0. The Bertz CT molecular complexity index is 2050. The Hall–Kier alpha value is -6.00. The number of nitrogens with zero attached hydrogens (tertiary/aromatic N) is 4. The van der Waals surface area contributed by atoms with Gasteiger partial charge in [0.25, 0.3) is 17.3 Å². The highest BCUT2D eigenvalue weighted by molar-refractivity contribution is 7.84. The smallest absolute Gasteiger partial charge is 0.284 e. The number of aryl methyl sites for hydroxylation is 2. The van der Waals surface area contributed by atoms with E-state index >= 15 is 0 Å². The van der Waals surface area contributed by atoms with Crippen LogP contribution in [0.3, 0.4) is 0 Å². The molecule has 0 radical (unpaired) electrons. The highest BCUT2D eigenvalue weighted by Crippen LogP contribution is 2.31. The van der Waals surface area contributed by atoms with Crippen LogP contribution in [0.2, 0.25) is 0 Å². The second-order valence-electron chi connectivity index (χ2n) is 10.0. The van der Waals surface area contributed by atoms with Crippen LogP contribution in [0.5, 0.6) is 0 Å². The second-order valence-corrected chi connectivity index (χ2v) is 11.4. The highest BCUT2D eigenvalue weighted by atomic mass is 32.2. The van der Waals surface area contributed by atoms with Crippen molar-refractivity contribution in [2.24, 2.45) is 14.1 Å². The minimum Gasteiger partial charge on any atom is -0.748 e. The molecule has 46 heavy (non-hydrogen) atoms. The summed E-state index contributed by atoms with van der Waals surface area (Å²) in [7, 11) is -0.181. The maximum Gasteiger partial charge on any atom is 0.284 e. The first kappa shape index (κ1) is 32.9. The van der Waals surface area contributed by atoms with Crippen LogP contribution in [0.4, 0.5) is 39.8 Å². The van der Waals surface area contributed by atoms with Crippen LogP contribution in [0, 0.1) is 20.2 Å². The molecule has 0 saturated carbocycles. The zero-order chi connectivity index (χ0) is 33.6. The molecule has 0 fully saturated rings. The summed E-state index contributed by atoms with van der Waals surface area (Å²) in [5.41, 5.74) is 3.20. The van der Waals surface area contributed by atoms with E-state index in [1.54, 1.807) is 48.7 Å². The molecule has 0 aliphatic carbocycles. The molecular weight excluding hydrogens is 618 g/mol. The number of anilines is 5. The number of hydrogen-bond donors (Lipinski definition) is 3. The first-order valence-electron chi connectivity index (χ1n) is 13.3. The lowest BCUT2D eigenvalue weighted by atomic mass is 10.1. The molecule has 2 aromatic heterocycles. The highest BCUT2D eigenvalue weighted by Gasteiger charge is 2.22. The van der Waals surface area contributed by atoms with Crippen molar-refractivity contribution >= 4 is 66.7 Å². The van der Waals surface area contributed by atoms with Crippen LogP contribution < -0.4 is 25.1 Å². The number of carbonyl (C=O) groups excluding carboxylic acids is 1. The van der Waals surface area contributed by atoms with E-state index in [4.69, 9.17) is 13.0 Å². The van der Waals surface area contributed by atoms with E-state index in [1.165, 1.54) is 24.3 Å². The molecule has 15 nitrogen and oxygen atoms in total. The fraction of sp³-hybridized carbons (Fsp3) is 0.100. The third-order valence-corrected chi connectivity index (χ3v) is 6.45. The standard InChI is InChI=1S/C29H23N7O5.CH4O3S/c1-33-14-11-21(12-15-33)30-19-3-5-20(6-4-19)32-29(37)24-9-7-22(17-28(24)36(40)41)31-26-13-16-34(2)27-10-8-23(35(38)39)18-25(26)27;1-5(2,3)4/h3-18H,1-2H3,(H,32,37);1H3,(H,2,3,4)/p+1. The minimum absolute atomic E-state index is 0.0807. The summed E-state index contributed by atoms with van der Waals surface area (Å²) in [5, 5.41) is 32.9. The van der Waals surface area contributed by atoms with Crippen molar-refractivity contribution < 1.29 is 36.7 Å². The van der Waals surface area contributed by atoms with Gasteiger partial charge in [0, 0.05) is 65.8 Å². The Balaban J connectivity index is 0.000000892. The number of fused-ring (bicyclic) bond motifs is 1. The summed E-state index contributed by atoms with van der Waals surface area (Å²) < 4.78 is 31.0. The summed E-state index contributed by atoms with van der Waals surface area (Å²) in [6.45, 7) is 0. The van der Waals surface area contributed by atoms with Crippen molar-refractivity contribution in [1.29, 1.82) is 0 Å². The molecule has 0 unspecified atom stereocenters. The SMILES string of the molecule is CS(=O)(=O)[O-].C[n+]1ccc(Nc2ccc(NC(=O)c3ccc(Nc4cc[n+](C)c5ccc([N+](=O)[O-])cc45)cc3[N+](=O)[O-])cc2)cc1. The Morgan fingerprint density at radius 2 is 1.33 bits per heavy atom. The number of aromatic nitrogens is 2. The average Bonchev–Trinajstić information content (AvgIpc) is 2.99. The summed E-state index contributed by atoms with van der Waals surface area (Å²) in [6.07, 6.45) is 6.21. The number of pyridine rings is 2. The first-order valence-corrected chi connectivity index (χ1v) is 15.2. The van der Waals surface area contributed by atoms with Gasteiger partial charge in [0.05, 0.1) is 36.7 Å². The van der Waals surface area contributed by atoms with E-state index in [1.807, 2.05) is 47.8 Å². The Labute approximate surface area is 262 Å². The van der Waals surface area contributed by atoms with Gasteiger partial charge in [-0.3, -0.25) is 25.0 Å². The minimum atomic E-state index is -3.92. The molecule has 0 atom stereocenters. The number of benzene rings is 3. The number of nitro benzene ring substituents is 2. The molecule has 0 aliphatic rings. The van der Waals surface area contributed by atoms with E-state index in [0.29, 0.717) is 28.7 Å². The van der Waals surface area contributed by atoms with Crippen molar-refractivity contribution in [3.63, 3.8) is 0 Å². The number of hydrogen-bond acceptors (Lipinski definition) is 10. The fourth-order valence-corrected chi connectivity index (χ4v) is 4.32. The first-order chi connectivity index (χ1) is 21.7. The van der Waals surface area contributed by atoms with Crippen molar-refractivity contribution in [1.82, 2.24) is 0 Å². The molecule has 0 aliphatic heterocycles. The molecule has 2 heterocycles. The van der Waals surface area contributed by atoms with E-state index in [-0.39, 0.29) is 16.9 Å². The van der Waals surface area contributed by atoms with Crippen LogP contribution >= 0.6 is 0 Å². The molecule has 3 N–H and O–H groups in total. The number of non-ortho nitro benzene ring substituents is 1. The van der Waals surface area contributed by atoms with Gasteiger partial charge in [-0.25, -0.2) is 17.6 Å². The van der Waals surface area contributed by atoms with E-state index in [2.05, 4.69) is 16.0 Å². The van der Waals surface area contributed by atoms with Crippen LogP contribution in [-0.4, -0.2) is 35.0 Å². The van der Waals surface area contributed by atoms with E-state index in [0.717, 1.165) is 16.9 Å². The molecule has 1 amide bonds. The van der Waals surface area contributed by atoms with Crippen LogP contribution in [0.15, 0.2) is 97.5 Å². The normalized spacial score (nSPS) is 10.8. The van der Waals surface area contributed by atoms with Gasteiger partial charge in [-0.2, -0.15) is 0 Å². The lowest BCUT2D eigenvalue weighted by molar-refractivity contribution is -0.671. The lowest BCUT2D eigenvalue weighted by Crippen LogP contribution is -2.28. The third kappa shape index (κ3) is 8.77. The molecule has 0 saturated heterocycles. The van der Waals surface area contributed by atoms with Crippen LogP contribution in [-0.2, 0) is 24.2 Å². The maximum atomic E-state index is 13.0. The Kier molecular flexibility index (Phi) is 9.83. The monoisotopic (exact) mass is 646 g/mol. The van der Waals surface area contributed by atoms with Crippen molar-refractivity contribution in [2.75, 3.05) is 22.2 Å². The molecule has 3 aromatic carbocycles. The zero-order valence-corrected chi connectivity index (χ0v) is 25.5. The predicted molar refractivity (Wildman–Crippen MR) is 169 cm³/mol. The lowest BCUT2D eigenvalue weighted by Gasteiger charge is -2.11. The van der Waals surface area contributed by atoms with E-state index in [9.17, 15) is 25.0 Å². The summed E-state index contributed by atoms with van der Waals surface area (Å²) in [4.78, 5) is 35.1. The van der Waals surface area contributed by atoms with Gasteiger partial charge in [0.1, 0.15) is 19.7 Å². The van der Waals surface area contributed by atoms with Crippen molar-refractivity contribution in [3.8, 4) is 0 Å². The van der Waals surface area contributed by atoms with Crippen LogP contribution in [0.25, 0.3) is 10.9 Å². The summed E-state index contributed by atoms with van der Waals surface area (Å²) in [6, 6.07) is 21.2. The number of rotatable bonds is 8. The molecule has 0 bridgehead atoms. The third-order valence-electron chi connectivity index (χ3n) is 6.45. The van der Waals surface area contributed by atoms with Gasteiger partial charge >= 0.3 is 0 Å². The predicted octanol–water partition coefficient (Wildman–Crippen LogP) is 4.21. The molecule has 5 aromatic rings. The largest absolute Gasteiger partial charge is 0.748 e. The summed E-state index contributed by atoms with van der Waals surface area (Å²) in [5.74, 6) is -0.632. The molecule has 0 spiro atoms. The van der Waals surface area contributed by atoms with Gasteiger partial charge < -0.3 is 20.5 Å². The average molecular weight is 647 g/mol. The molecular formula is C30H28N7O8S+. The molecule has 5 rings (SSSR count). The Morgan fingerprint density at radius 3 is 1.93 bits per heavy atom. The van der Waals surface area contributed by atoms with Crippen molar-refractivity contribution in [3.05, 3.63) is 123 Å². The Morgan fingerprint density at radius 1 is 0.739 bits per heavy atom. The van der Waals surface area contributed by atoms with Gasteiger partial charge in [0.15, 0.2) is 18.6 Å². The maximum absolute atomic E-state index is 13.0. The number of nitrogens with one attached hydrogen (secondary N) is 3. The number of amides is 1. The quantitative estimate of drug-likeness (QED) is 0.0948. The van der Waals surface area contributed by atoms with Gasteiger partial charge in [-0.05, 0) is 36.4 Å². The fourth-order valence-electron chi connectivity index (χ4n) is 4.32. The molecule has 236 valence electrons. The zero-order valence-electron chi connectivity index (χ0n) is 24.7. The van der Waals surface area contributed by atoms with Crippen LogP contribution in [0.1, 0.15) is 10.4 Å². The number of nitro groups is 2. The molecule has 16 heteroatoms. The second kappa shape index (κ2) is 13.7.